The highest BCUT2D eigenvalue weighted by Crippen LogP contribution is 2.18. The molecule has 2 unspecified atom stereocenters. The fraction of sp³-hybridized carbons (Fsp3) is 0.450. The van der Waals surface area contributed by atoms with Crippen LogP contribution in [0.4, 0.5) is 0 Å². The number of hydrogen-bond donors (Lipinski definition) is 3. The second kappa shape index (κ2) is 10.9. The lowest BCUT2D eigenvalue weighted by atomic mass is 10.0. The predicted octanol–water partition coefficient (Wildman–Crippen LogP) is 4.72. The molecule has 0 amide bonds. The van der Waals surface area contributed by atoms with Gasteiger partial charge in [-0.2, -0.15) is 0 Å². The van der Waals surface area contributed by atoms with E-state index < -0.39 is 0 Å². The Labute approximate surface area is 178 Å². The van der Waals surface area contributed by atoms with E-state index in [2.05, 4.69) is 90.4 Å². The van der Waals surface area contributed by atoms with E-state index in [0.717, 1.165) is 12.5 Å². The minimum atomic E-state index is -0.0704. The largest absolute Gasteiger partial charge is 0.355 e. The van der Waals surface area contributed by atoms with Crippen LogP contribution in [0, 0.1) is 0 Å². The quantitative estimate of drug-likeness (QED) is 0.302. The van der Waals surface area contributed by atoms with Gasteiger partial charge in [-0.25, -0.2) is 0 Å². The van der Waals surface area contributed by atoms with Crippen molar-refractivity contribution in [1.29, 1.82) is 0 Å². The number of hydrogen-bond acceptors (Lipinski definition) is 3. The molecule has 0 fully saturated rings. The van der Waals surface area contributed by atoms with Crippen molar-refractivity contribution in [2.75, 3.05) is 13.6 Å². The maximum absolute atomic E-state index is 4.35. The number of nitrogens with zero attached hydrogens (tertiary/aromatic N) is 1. The number of nitrogens with one attached hydrogen (secondary N) is 3. The van der Waals surface area contributed by atoms with E-state index in [4.69, 9.17) is 0 Å². The van der Waals surface area contributed by atoms with Crippen molar-refractivity contribution in [2.45, 2.75) is 45.3 Å². The molecule has 6 heteroatoms. The molecule has 1 heterocycles. The first-order valence-corrected chi connectivity index (χ1v) is 9.62. The predicted molar refractivity (Wildman–Crippen MR) is 125 cm³/mol. The molecule has 0 saturated carbocycles. The summed E-state index contributed by atoms with van der Waals surface area (Å²) in [4.78, 5) is 5.65. The van der Waals surface area contributed by atoms with Crippen LogP contribution in [0.2, 0.25) is 0 Å². The van der Waals surface area contributed by atoms with Gasteiger partial charge in [0.15, 0.2) is 5.96 Å². The molecular weight excluding hydrogens is 455 g/mol. The van der Waals surface area contributed by atoms with Crippen LogP contribution in [0.25, 0.3) is 0 Å². The first-order chi connectivity index (χ1) is 11.9. The van der Waals surface area contributed by atoms with E-state index in [9.17, 15) is 0 Å². The Morgan fingerprint density at radius 2 is 1.77 bits per heavy atom. The molecule has 2 aromatic rings. The molecule has 0 saturated heterocycles. The molecule has 0 bridgehead atoms. The number of thiophene rings is 1. The second-order valence-electron chi connectivity index (χ2n) is 6.97. The Kier molecular flexibility index (Phi) is 9.60. The summed E-state index contributed by atoms with van der Waals surface area (Å²) in [7, 11) is 1.81. The Morgan fingerprint density at radius 3 is 2.35 bits per heavy atom. The molecule has 144 valence electrons. The molecule has 2 rings (SSSR count). The Hall–Kier alpha value is -1.12. The van der Waals surface area contributed by atoms with Gasteiger partial charge in [0, 0.05) is 30.1 Å². The van der Waals surface area contributed by atoms with Crippen molar-refractivity contribution in [2.24, 2.45) is 4.99 Å². The molecule has 1 aromatic carbocycles. The highest BCUT2D eigenvalue weighted by Gasteiger charge is 2.21. The summed E-state index contributed by atoms with van der Waals surface area (Å²) in [6, 6.07) is 15.3. The molecule has 0 spiro atoms. The molecule has 0 aliphatic heterocycles. The summed E-state index contributed by atoms with van der Waals surface area (Å²) in [5, 5.41) is 12.7. The van der Waals surface area contributed by atoms with Crippen LogP contribution in [-0.2, 0) is 0 Å². The summed E-state index contributed by atoms with van der Waals surface area (Å²) in [5.41, 5.74) is 1.23. The third-order valence-corrected chi connectivity index (χ3v) is 5.21. The Bertz CT molecular complexity index is 656. The topological polar surface area (TPSA) is 48.5 Å². The first-order valence-electron chi connectivity index (χ1n) is 8.74. The van der Waals surface area contributed by atoms with Gasteiger partial charge in [0.2, 0.25) is 0 Å². The molecule has 1 aromatic heterocycles. The number of rotatable bonds is 7. The van der Waals surface area contributed by atoms with Gasteiger partial charge in [0.1, 0.15) is 0 Å². The van der Waals surface area contributed by atoms with Crippen LogP contribution in [0.5, 0.6) is 0 Å². The maximum Gasteiger partial charge on any atom is 0.191 e. The minimum Gasteiger partial charge on any atom is -0.355 e. The second-order valence-corrected chi connectivity index (χ2v) is 7.95. The number of guanidine groups is 1. The van der Waals surface area contributed by atoms with Gasteiger partial charge in [0.05, 0.1) is 6.04 Å². The normalized spacial score (nSPS) is 14.3. The highest BCUT2D eigenvalue weighted by molar-refractivity contribution is 14.0. The Balaban J connectivity index is 0.00000338. The lowest BCUT2D eigenvalue weighted by Crippen LogP contribution is -2.52. The van der Waals surface area contributed by atoms with Crippen molar-refractivity contribution in [1.82, 2.24) is 16.0 Å². The van der Waals surface area contributed by atoms with Crippen molar-refractivity contribution < 1.29 is 0 Å². The Morgan fingerprint density at radius 1 is 1.08 bits per heavy atom. The van der Waals surface area contributed by atoms with E-state index in [-0.39, 0.29) is 41.6 Å². The van der Waals surface area contributed by atoms with E-state index in [1.807, 2.05) is 13.1 Å². The van der Waals surface area contributed by atoms with Crippen LogP contribution in [0.1, 0.15) is 50.2 Å². The number of aliphatic imine (C=N–C) groups is 1. The zero-order chi connectivity index (χ0) is 18.3. The molecule has 4 nitrogen and oxygen atoms in total. The molecule has 3 N–H and O–H groups in total. The third-order valence-electron chi connectivity index (χ3n) is 4.15. The number of benzene rings is 1. The molecular formula is C20H31IN4S. The van der Waals surface area contributed by atoms with Crippen LogP contribution in [0.3, 0.4) is 0 Å². The van der Waals surface area contributed by atoms with Crippen LogP contribution in [0.15, 0.2) is 52.8 Å². The standard InChI is InChI=1S/C20H30N4S.HI/c1-15(17-10-7-6-8-11-17)24-20(3,4)14-22-19(21-5)23-16(2)18-12-9-13-25-18;/h6-13,15-16,24H,14H2,1-5H3,(H2,21,22,23);1H. The average Bonchev–Trinajstić information content (AvgIpc) is 3.13. The molecule has 2 atom stereocenters. The van der Waals surface area contributed by atoms with Gasteiger partial charge >= 0.3 is 0 Å². The fourth-order valence-electron chi connectivity index (χ4n) is 2.78. The zero-order valence-electron chi connectivity index (χ0n) is 16.2. The van der Waals surface area contributed by atoms with Gasteiger partial charge in [-0.15, -0.1) is 35.3 Å². The van der Waals surface area contributed by atoms with Crippen LogP contribution in [-0.4, -0.2) is 25.1 Å². The van der Waals surface area contributed by atoms with Gasteiger partial charge in [-0.3, -0.25) is 4.99 Å². The van der Waals surface area contributed by atoms with E-state index in [1.165, 1.54) is 10.4 Å². The average molecular weight is 486 g/mol. The first kappa shape index (κ1) is 22.9. The van der Waals surface area contributed by atoms with E-state index in [1.54, 1.807) is 11.3 Å². The molecule has 0 aliphatic carbocycles. The lowest BCUT2D eigenvalue weighted by molar-refractivity contribution is 0.344. The van der Waals surface area contributed by atoms with Crippen LogP contribution >= 0.6 is 35.3 Å². The summed E-state index contributed by atoms with van der Waals surface area (Å²) in [5.74, 6) is 0.822. The zero-order valence-corrected chi connectivity index (χ0v) is 19.4. The molecule has 0 radical (unpaired) electrons. The fourth-order valence-corrected chi connectivity index (χ4v) is 3.51. The summed E-state index contributed by atoms with van der Waals surface area (Å²) in [6.07, 6.45) is 0. The maximum atomic E-state index is 4.35. The van der Waals surface area contributed by atoms with Crippen LogP contribution < -0.4 is 16.0 Å². The van der Waals surface area contributed by atoms with Crippen molar-refractivity contribution in [3.63, 3.8) is 0 Å². The van der Waals surface area contributed by atoms with Gasteiger partial charge in [-0.05, 0) is 44.7 Å². The molecule has 26 heavy (non-hydrogen) atoms. The van der Waals surface area contributed by atoms with Gasteiger partial charge < -0.3 is 16.0 Å². The van der Waals surface area contributed by atoms with Crippen molar-refractivity contribution >= 4 is 41.3 Å². The molecule has 0 aliphatic rings. The van der Waals surface area contributed by atoms with E-state index >= 15 is 0 Å². The van der Waals surface area contributed by atoms with E-state index in [0.29, 0.717) is 0 Å². The van der Waals surface area contributed by atoms with Gasteiger partial charge in [-0.1, -0.05) is 36.4 Å². The van der Waals surface area contributed by atoms with Crippen molar-refractivity contribution in [3.8, 4) is 0 Å². The monoisotopic (exact) mass is 486 g/mol. The smallest absolute Gasteiger partial charge is 0.191 e. The lowest BCUT2D eigenvalue weighted by Gasteiger charge is -2.31. The summed E-state index contributed by atoms with van der Waals surface area (Å²) in [6.45, 7) is 9.54. The minimum absolute atomic E-state index is 0. The highest BCUT2D eigenvalue weighted by atomic mass is 127. The van der Waals surface area contributed by atoms with Crippen molar-refractivity contribution in [3.05, 3.63) is 58.3 Å². The van der Waals surface area contributed by atoms with Gasteiger partial charge in [0.25, 0.3) is 0 Å². The summed E-state index contributed by atoms with van der Waals surface area (Å²) >= 11 is 1.76. The number of halogens is 1. The third kappa shape index (κ3) is 7.25. The summed E-state index contributed by atoms with van der Waals surface area (Å²) < 4.78 is 0. The SMILES string of the molecule is CN=C(NCC(C)(C)NC(C)c1ccccc1)NC(C)c1cccs1.I.